The van der Waals surface area contributed by atoms with E-state index in [2.05, 4.69) is 4.98 Å². The molecule has 0 aliphatic rings. The van der Waals surface area contributed by atoms with Crippen LogP contribution in [0.5, 0.6) is 0 Å². The molecule has 0 saturated carbocycles. The first-order valence-electron chi connectivity index (χ1n) is 4.80. The highest BCUT2D eigenvalue weighted by Gasteiger charge is 2.04. The van der Waals surface area contributed by atoms with E-state index in [0.717, 1.165) is 11.9 Å². The molecule has 1 aromatic heterocycles. The summed E-state index contributed by atoms with van der Waals surface area (Å²) in [4.78, 5) is 14.6. The number of benzene rings is 1. The van der Waals surface area contributed by atoms with Crippen molar-refractivity contribution in [3.05, 3.63) is 29.3 Å². The lowest BCUT2D eigenvalue weighted by molar-refractivity contribution is -0.137. The second kappa shape index (κ2) is 4.40. The van der Waals surface area contributed by atoms with Gasteiger partial charge in [-0.3, -0.25) is 4.79 Å². The summed E-state index contributed by atoms with van der Waals surface area (Å²) in [5, 5.41) is 8.56. The number of aromatic nitrogens is 1. The summed E-state index contributed by atoms with van der Waals surface area (Å²) in [6.07, 6.45) is 1.73. The maximum Gasteiger partial charge on any atom is 0.303 e. The van der Waals surface area contributed by atoms with Crippen molar-refractivity contribution >= 4 is 27.5 Å². The second-order valence-corrected chi connectivity index (χ2v) is 4.22. The van der Waals surface area contributed by atoms with Crippen molar-refractivity contribution in [2.45, 2.75) is 19.3 Å². The van der Waals surface area contributed by atoms with E-state index in [4.69, 9.17) is 5.11 Å². The first-order valence-corrected chi connectivity index (χ1v) is 5.68. The SMILES string of the molecule is O=C(O)CCCc1cccc2ncsc12. The summed E-state index contributed by atoms with van der Waals surface area (Å²) >= 11 is 1.61. The maximum absolute atomic E-state index is 10.4. The highest BCUT2D eigenvalue weighted by molar-refractivity contribution is 7.16. The molecule has 0 aliphatic heterocycles. The van der Waals surface area contributed by atoms with Gasteiger partial charge in [-0.2, -0.15) is 0 Å². The van der Waals surface area contributed by atoms with E-state index in [1.54, 1.807) is 11.3 Å². The molecule has 4 heteroatoms. The van der Waals surface area contributed by atoms with Gasteiger partial charge in [0, 0.05) is 6.42 Å². The molecule has 0 spiro atoms. The molecule has 78 valence electrons. The summed E-state index contributed by atoms with van der Waals surface area (Å²) in [5.74, 6) is -0.730. The Morgan fingerprint density at radius 2 is 2.33 bits per heavy atom. The van der Waals surface area contributed by atoms with Crippen LogP contribution in [0.25, 0.3) is 10.2 Å². The van der Waals surface area contributed by atoms with Gasteiger partial charge in [0.2, 0.25) is 0 Å². The predicted octanol–water partition coefficient (Wildman–Crippen LogP) is 2.70. The fourth-order valence-corrected chi connectivity index (χ4v) is 2.41. The van der Waals surface area contributed by atoms with Crippen LogP contribution >= 0.6 is 11.3 Å². The molecule has 2 rings (SSSR count). The average Bonchev–Trinajstić information content (AvgIpc) is 2.65. The number of carboxylic acids is 1. The Kier molecular flexibility index (Phi) is 2.97. The lowest BCUT2D eigenvalue weighted by Gasteiger charge is -2.00. The van der Waals surface area contributed by atoms with Crippen LogP contribution < -0.4 is 0 Å². The van der Waals surface area contributed by atoms with Gasteiger partial charge in [0.25, 0.3) is 0 Å². The van der Waals surface area contributed by atoms with Gasteiger partial charge in [0.05, 0.1) is 15.7 Å². The fourth-order valence-electron chi connectivity index (χ4n) is 1.57. The largest absolute Gasteiger partial charge is 0.481 e. The Bertz CT molecular complexity index is 478. The molecule has 1 N–H and O–H groups in total. The second-order valence-electron chi connectivity index (χ2n) is 3.37. The van der Waals surface area contributed by atoms with Gasteiger partial charge in [-0.15, -0.1) is 11.3 Å². The summed E-state index contributed by atoms with van der Waals surface area (Å²) < 4.78 is 1.18. The van der Waals surface area contributed by atoms with Gasteiger partial charge < -0.3 is 5.11 Å². The van der Waals surface area contributed by atoms with Crippen molar-refractivity contribution in [3.8, 4) is 0 Å². The molecule has 0 aliphatic carbocycles. The Balaban J connectivity index is 2.13. The molecule has 1 aromatic carbocycles. The van der Waals surface area contributed by atoms with Crippen LogP contribution in [0, 0.1) is 0 Å². The molecule has 0 bridgehead atoms. The van der Waals surface area contributed by atoms with Gasteiger partial charge in [0.15, 0.2) is 0 Å². The minimum atomic E-state index is -0.730. The molecule has 2 aromatic rings. The van der Waals surface area contributed by atoms with Gasteiger partial charge in [-0.1, -0.05) is 12.1 Å². The lowest BCUT2D eigenvalue weighted by atomic mass is 10.1. The number of rotatable bonds is 4. The number of fused-ring (bicyclic) bond motifs is 1. The summed E-state index contributed by atoms with van der Waals surface area (Å²) in [7, 11) is 0. The topological polar surface area (TPSA) is 50.2 Å². The van der Waals surface area contributed by atoms with Crippen LogP contribution in [0.3, 0.4) is 0 Å². The van der Waals surface area contributed by atoms with Crippen molar-refractivity contribution in [3.63, 3.8) is 0 Å². The Hall–Kier alpha value is -1.42. The fraction of sp³-hybridized carbons (Fsp3) is 0.273. The van der Waals surface area contributed by atoms with E-state index in [0.29, 0.717) is 6.42 Å². The van der Waals surface area contributed by atoms with Crippen LogP contribution in [0.15, 0.2) is 23.7 Å². The molecule has 0 atom stereocenters. The number of carboxylic acid groups (broad SMARTS) is 1. The summed E-state index contributed by atoms with van der Waals surface area (Å²) in [5.41, 5.74) is 4.04. The summed E-state index contributed by atoms with van der Waals surface area (Å²) in [6.45, 7) is 0. The molecular weight excluding hydrogens is 210 g/mol. The zero-order chi connectivity index (χ0) is 10.7. The number of thiazole rings is 1. The predicted molar refractivity (Wildman–Crippen MR) is 60.2 cm³/mol. The minimum absolute atomic E-state index is 0.231. The number of aliphatic carboxylic acids is 1. The number of hydrogen-bond donors (Lipinski definition) is 1. The third kappa shape index (κ3) is 2.33. The van der Waals surface area contributed by atoms with Gasteiger partial charge >= 0.3 is 5.97 Å². The van der Waals surface area contributed by atoms with Crippen LogP contribution in [0.1, 0.15) is 18.4 Å². The van der Waals surface area contributed by atoms with Crippen LogP contribution in [0.2, 0.25) is 0 Å². The Morgan fingerprint density at radius 1 is 1.47 bits per heavy atom. The molecule has 0 fully saturated rings. The van der Waals surface area contributed by atoms with Crippen molar-refractivity contribution in [2.75, 3.05) is 0 Å². The zero-order valence-corrected chi connectivity index (χ0v) is 8.96. The smallest absolute Gasteiger partial charge is 0.303 e. The first-order chi connectivity index (χ1) is 7.27. The molecular formula is C11H11NO2S. The van der Waals surface area contributed by atoms with E-state index < -0.39 is 5.97 Å². The number of aryl methyl sites for hydroxylation is 1. The molecule has 1 heterocycles. The molecule has 15 heavy (non-hydrogen) atoms. The van der Waals surface area contributed by atoms with E-state index in [-0.39, 0.29) is 6.42 Å². The standard InChI is InChI=1S/C11H11NO2S/c13-10(14)6-2-4-8-3-1-5-9-11(8)15-7-12-9/h1,3,5,7H,2,4,6H2,(H,13,14). The van der Waals surface area contributed by atoms with Crippen molar-refractivity contribution in [1.82, 2.24) is 4.98 Å². The van der Waals surface area contributed by atoms with E-state index in [1.807, 2.05) is 23.7 Å². The van der Waals surface area contributed by atoms with Crippen molar-refractivity contribution < 1.29 is 9.90 Å². The lowest BCUT2D eigenvalue weighted by Crippen LogP contribution is -1.95. The summed E-state index contributed by atoms with van der Waals surface area (Å²) in [6, 6.07) is 5.99. The molecule has 0 radical (unpaired) electrons. The average molecular weight is 221 g/mol. The molecule has 0 amide bonds. The van der Waals surface area contributed by atoms with Gasteiger partial charge in [-0.05, 0) is 24.5 Å². The monoisotopic (exact) mass is 221 g/mol. The quantitative estimate of drug-likeness (QED) is 0.863. The highest BCUT2D eigenvalue weighted by atomic mass is 32.1. The third-order valence-corrected chi connectivity index (χ3v) is 3.19. The van der Waals surface area contributed by atoms with Crippen LogP contribution in [0.4, 0.5) is 0 Å². The Labute approximate surface area is 91.4 Å². The van der Waals surface area contributed by atoms with Gasteiger partial charge in [-0.25, -0.2) is 4.98 Å². The van der Waals surface area contributed by atoms with E-state index in [1.165, 1.54) is 10.3 Å². The minimum Gasteiger partial charge on any atom is -0.481 e. The molecule has 0 unspecified atom stereocenters. The third-order valence-electron chi connectivity index (χ3n) is 2.27. The Morgan fingerprint density at radius 3 is 3.13 bits per heavy atom. The maximum atomic E-state index is 10.4. The van der Waals surface area contributed by atoms with Crippen molar-refractivity contribution in [1.29, 1.82) is 0 Å². The highest BCUT2D eigenvalue weighted by Crippen LogP contribution is 2.23. The van der Waals surface area contributed by atoms with Crippen LogP contribution in [-0.2, 0) is 11.2 Å². The molecule has 0 saturated heterocycles. The molecule has 3 nitrogen and oxygen atoms in total. The van der Waals surface area contributed by atoms with Crippen LogP contribution in [-0.4, -0.2) is 16.1 Å². The first kappa shape index (κ1) is 10.1. The normalized spacial score (nSPS) is 10.7. The van der Waals surface area contributed by atoms with E-state index >= 15 is 0 Å². The number of carbonyl (C=O) groups is 1. The number of nitrogens with zero attached hydrogens (tertiary/aromatic N) is 1. The van der Waals surface area contributed by atoms with E-state index in [9.17, 15) is 4.79 Å². The zero-order valence-electron chi connectivity index (χ0n) is 8.14. The number of hydrogen-bond acceptors (Lipinski definition) is 3. The van der Waals surface area contributed by atoms with Gasteiger partial charge in [0.1, 0.15) is 0 Å². The van der Waals surface area contributed by atoms with Crippen molar-refractivity contribution in [2.24, 2.45) is 0 Å².